The number of benzene rings is 2. The molecule has 0 spiro atoms. The van der Waals surface area contributed by atoms with Crippen LogP contribution >= 0.6 is 0 Å². The summed E-state index contributed by atoms with van der Waals surface area (Å²) in [5.74, 6) is -0.368. The summed E-state index contributed by atoms with van der Waals surface area (Å²) in [7, 11) is 0. The number of aliphatic hydroxyl groups excluding tert-OH is 2. The van der Waals surface area contributed by atoms with Gasteiger partial charge < -0.3 is 41.3 Å². The molecule has 2 aromatic rings. The standard InChI is InChI=1S/C33H45N5O7/c1-33(2,35-17-27(41)25-11-12-26(40)31-32(25)45-19-30(44)37-31)16-20-5-7-21(8-6-20)36-28(42)4-3-13-34-29(43)18-38-22-9-10-23(38)15-24(39)14-22/h5-8,11-12,22-24,27,35,39-41H,3-4,9-10,13-19H2,1-2H3,(H,34,43)(H,36,42)(H,37,44). The molecule has 3 heterocycles. The molecule has 0 aromatic heterocycles. The monoisotopic (exact) mass is 623 g/mol. The normalized spacial score (nSPS) is 21.8. The molecule has 2 aromatic carbocycles. The first-order chi connectivity index (χ1) is 21.5. The minimum absolute atomic E-state index is 0.0329. The Labute approximate surface area is 263 Å². The van der Waals surface area contributed by atoms with Crippen molar-refractivity contribution in [2.24, 2.45) is 0 Å². The van der Waals surface area contributed by atoms with E-state index in [1.807, 2.05) is 38.1 Å². The van der Waals surface area contributed by atoms with E-state index in [1.54, 1.807) is 6.07 Å². The zero-order valence-electron chi connectivity index (χ0n) is 26.0. The number of amides is 3. The third-order valence-corrected chi connectivity index (χ3v) is 8.88. The van der Waals surface area contributed by atoms with E-state index in [1.165, 1.54) is 6.07 Å². The van der Waals surface area contributed by atoms with Gasteiger partial charge in [0.25, 0.3) is 5.91 Å². The number of phenols is 1. The van der Waals surface area contributed by atoms with Crippen LogP contribution in [-0.4, -0.2) is 87.9 Å². The van der Waals surface area contributed by atoms with Crippen molar-refractivity contribution in [3.63, 3.8) is 0 Å². The van der Waals surface area contributed by atoms with Crippen molar-refractivity contribution in [2.45, 2.75) is 88.6 Å². The molecule has 7 N–H and O–H groups in total. The van der Waals surface area contributed by atoms with Crippen LogP contribution in [0.2, 0.25) is 0 Å². The largest absolute Gasteiger partial charge is 0.506 e. The fourth-order valence-electron chi connectivity index (χ4n) is 6.63. The molecule has 0 saturated carbocycles. The Balaban J connectivity index is 1.01. The van der Waals surface area contributed by atoms with E-state index in [2.05, 4.69) is 26.2 Å². The number of rotatable bonds is 13. The number of phenolic OH excluding ortho intramolecular Hbond substituents is 1. The van der Waals surface area contributed by atoms with Gasteiger partial charge in [0, 0.05) is 48.4 Å². The highest BCUT2D eigenvalue weighted by Gasteiger charge is 2.40. The van der Waals surface area contributed by atoms with Crippen molar-refractivity contribution < 1.29 is 34.4 Å². The van der Waals surface area contributed by atoms with Gasteiger partial charge >= 0.3 is 0 Å². The first-order valence-electron chi connectivity index (χ1n) is 15.8. The Morgan fingerprint density at radius 3 is 2.51 bits per heavy atom. The molecule has 0 radical (unpaired) electrons. The van der Waals surface area contributed by atoms with Gasteiger partial charge in [0.05, 0.1) is 18.8 Å². The lowest BCUT2D eigenvalue weighted by atomic mass is 9.94. The summed E-state index contributed by atoms with van der Waals surface area (Å²) >= 11 is 0. The van der Waals surface area contributed by atoms with Crippen LogP contribution in [0.1, 0.15) is 69.6 Å². The molecular weight excluding hydrogens is 578 g/mol. The number of piperidine rings is 1. The van der Waals surface area contributed by atoms with Gasteiger partial charge in [0.1, 0.15) is 11.4 Å². The predicted octanol–water partition coefficient (Wildman–Crippen LogP) is 2.19. The average molecular weight is 624 g/mol. The Hall–Kier alpha value is -3.71. The third-order valence-electron chi connectivity index (χ3n) is 8.88. The fourth-order valence-corrected chi connectivity index (χ4v) is 6.63. The predicted molar refractivity (Wildman–Crippen MR) is 169 cm³/mol. The topological polar surface area (TPSA) is 172 Å². The highest BCUT2D eigenvalue weighted by Crippen LogP contribution is 2.41. The van der Waals surface area contributed by atoms with E-state index in [-0.39, 0.29) is 59.7 Å². The molecule has 3 unspecified atom stereocenters. The number of ether oxygens (including phenoxy) is 1. The van der Waals surface area contributed by atoms with Gasteiger partial charge in [-0.3, -0.25) is 19.3 Å². The highest BCUT2D eigenvalue weighted by atomic mass is 16.5. The molecule has 45 heavy (non-hydrogen) atoms. The van der Waals surface area contributed by atoms with Gasteiger partial charge in [-0.1, -0.05) is 12.1 Å². The summed E-state index contributed by atoms with van der Waals surface area (Å²) < 4.78 is 5.49. The Morgan fingerprint density at radius 1 is 1.09 bits per heavy atom. The Bertz CT molecular complexity index is 1370. The van der Waals surface area contributed by atoms with Gasteiger partial charge in [-0.05, 0) is 82.2 Å². The van der Waals surface area contributed by atoms with E-state index in [9.17, 15) is 29.7 Å². The molecule has 2 saturated heterocycles. The summed E-state index contributed by atoms with van der Waals surface area (Å²) in [5, 5.41) is 42.7. The number of hydrogen-bond acceptors (Lipinski definition) is 9. The number of aromatic hydroxyl groups is 1. The van der Waals surface area contributed by atoms with Crippen molar-refractivity contribution in [1.29, 1.82) is 0 Å². The van der Waals surface area contributed by atoms with E-state index < -0.39 is 6.10 Å². The molecule has 5 rings (SSSR count). The lowest BCUT2D eigenvalue weighted by Gasteiger charge is -2.36. The number of aliphatic hydroxyl groups is 2. The van der Waals surface area contributed by atoms with Crippen molar-refractivity contribution in [3.05, 3.63) is 47.5 Å². The van der Waals surface area contributed by atoms with Gasteiger partial charge in [-0.25, -0.2) is 0 Å². The van der Waals surface area contributed by atoms with Gasteiger partial charge in [-0.15, -0.1) is 0 Å². The fraction of sp³-hybridized carbons (Fsp3) is 0.545. The van der Waals surface area contributed by atoms with Crippen molar-refractivity contribution in [3.8, 4) is 11.5 Å². The summed E-state index contributed by atoms with van der Waals surface area (Å²) in [6.07, 6.45) is 3.88. The molecule has 3 atom stereocenters. The molecule has 3 aliphatic rings. The van der Waals surface area contributed by atoms with E-state index >= 15 is 0 Å². The minimum Gasteiger partial charge on any atom is -0.506 e. The lowest BCUT2D eigenvalue weighted by molar-refractivity contribution is -0.124. The first-order valence-corrected chi connectivity index (χ1v) is 15.8. The average Bonchev–Trinajstić information content (AvgIpc) is 3.22. The zero-order chi connectivity index (χ0) is 32.1. The number of fused-ring (bicyclic) bond motifs is 3. The second-order valence-electron chi connectivity index (χ2n) is 13.1. The van der Waals surface area contributed by atoms with Crippen LogP contribution in [0.15, 0.2) is 36.4 Å². The van der Waals surface area contributed by atoms with Crippen LogP contribution in [0.5, 0.6) is 11.5 Å². The summed E-state index contributed by atoms with van der Waals surface area (Å²) in [6.45, 7) is 4.88. The zero-order valence-corrected chi connectivity index (χ0v) is 26.0. The Morgan fingerprint density at radius 2 is 1.80 bits per heavy atom. The van der Waals surface area contributed by atoms with E-state index in [0.29, 0.717) is 55.7 Å². The quantitative estimate of drug-likeness (QED) is 0.130. The smallest absolute Gasteiger partial charge is 0.262 e. The minimum atomic E-state index is -0.931. The molecule has 12 nitrogen and oxygen atoms in total. The maximum absolute atomic E-state index is 12.5. The number of nitrogens with zero attached hydrogens (tertiary/aromatic N) is 1. The molecule has 3 aliphatic heterocycles. The Kier molecular flexibility index (Phi) is 10.3. The molecule has 0 aliphatic carbocycles. The highest BCUT2D eigenvalue weighted by molar-refractivity contribution is 5.97. The number of anilines is 2. The molecule has 2 bridgehead atoms. The SMILES string of the molecule is CC(C)(Cc1ccc(NC(=O)CCCNC(=O)CN2C3CCC2CC(O)C3)cc1)NCC(O)c1ccc(O)c2c1OCC(=O)N2. The summed E-state index contributed by atoms with van der Waals surface area (Å²) in [6, 6.07) is 11.2. The van der Waals surface area contributed by atoms with Crippen molar-refractivity contribution in [1.82, 2.24) is 15.5 Å². The number of hydrogen-bond donors (Lipinski definition) is 7. The summed E-state index contributed by atoms with van der Waals surface area (Å²) in [4.78, 5) is 38.8. The van der Waals surface area contributed by atoms with Crippen molar-refractivity contribution >= 4 is 29.1 Å². The molecule has 12 heteroatoms. The summed E-state index contributed by atoms with van der Waals surface area (Å²) in [5.41, 5.74) is 2.00. The van der Waals surface area contributed by atoms with Gasteiger partial charge in [0.15, 0.2) is 12.4 Å². The molecular formula is C33H45N5O7. The van der Waals surface area contributed by atoms with Crippen LogP contribution in [0, 0.1) is 0 Å². The number of β-amino-alcohol motifs (C(OH)–C–C–N with tert-alkyl or cyclic N) is 1. The molecule has 244 valence electrons. The second kappa shape index (κ2) is 14.2. The number of nitrogens with one attached hydrogen (secondary N) is 4. The maximum atomic E-state index is 12.5. The van der Waals surface area contributed by atoms with Gasteiger partial charge in [0.2, 0.25) is 11.8 Å². The number of carbonyl (C=O) groups is 3. The lowest BCUT2D eigenvalue weighted by Crippen LogP contribution is -2.49. The first kappa shape index (κ1) is 32.7. The van der Waals surface area contributed by atoms with Gasteiger partial charge in [-0.2, -0.15) is 0 Å². The second-order valence-corrected chi connectivity index (χ2v) is 13.1. The van der Waals surface area contributed by atoms with E-state index in [0.717, 1.165) is 31.2 Å². The third kappa shape index (κ3) is 8.51. The van der Waals surface area contributed by atoms with Crippen LogP contribution in [-0.2, 0) is 20.8 Å². The van der Waals surface area contributed by atoms with E-state index in [4.69, 9.17) is 4.74 Å². The molecule has 3 amide bonds. The maximum Gasteiger partial charge on any atom is 0.262 e. The van der Waals surface area contributed by atoms with Crippen LogP contribution in [0.4, 0.5) is 11.4 Å². The number of carbonyl (C=O) groups excluding carboxylic acids is 3. The van der Waals surface area contributed by atoms with Crippen molar-refractivity contribution in [2.75, 3.05) is 36.9 Å². The molecule has 2 fully saturated rings. The van der Waals surface area contributed by atoms with Crippen LogP contribution in [0.25, 0.3) is 0 Å². The van der Waals surface area contributed by atoms with Crippen LogP contribution in [0.3, 0.4) is 0 Å². The van der Waals surface area contributed by atoms with Crippen LogP contribution < -0.4 is 26.0 Å².